The van der Waals surface area contributed by atoms with Crippen molar-refractivity contribution in [2.75, 3.05) is 9.80 Å². The minimum atomic E-state index is -2.23. The molecule has 2 aromatic heterocycles. The predicted molar refractivity (Wildman–Crippen MR) is 278 cm³/mol. The summed E-state index contributed by atoms with van der Waals surface area (Å²) in [6.45, 7) is 14.0. The van der Waals surface area contributed by atoms with Gasteiger partial charge in [0.25, 0.3) is 0 Å². The number of benzene rings is 8. The molecule has 0 radical (unpaired) electrons. The minimum Gasteiger partial charge on any atom is -0.509 e. The number of nitrogens with zero attached hydrogens (tertiary/aromatic N) is 4. The third-order valence-corrected chi connectivity index (χ3v) is 13.2. The Kier molecular flexibility index (Phi) is 12.6. The molecule has 0 bridgehead atoms. The van der Waals surface area contributed by atoms with Crippen molar-refractivity contribution in [1.82, 2.24) is 9.55 Å². The largest absolute Gasteiger partial charge is 0.509 e. The summed E-state index contributed by atoms with van der Waals surface area (Å²) in [5.41, 5.74) is 7.17. The van der Waals surface area contributed by atoms with E-state index in [1.54, 1.807) is 23.7 Å². The van der Waals surface area contributed by atoms with Crippen LogP contribution in [-0.4, -0.2) is 9.55 Å². The van der Waals surface area contributed by atoms with E-state index in [0.717, 1.165) is 55.4 Å². The molecule has 1 aliphatic heterocycles. The van der Waals surface area contributed by atoms with Crippen molar-refractivity contribution in [3.8, 4) is 50.7 Å². The molecule has 0 fully saturated rings. The number of aromatic nitrogens is 2. The average Bonchev–Trinajstić information content (AvgIpc) is 3.93. The third kappa shape index (κ3) is 8.65. The first-order valence-electron chi connectivity index (χ1n) is 23.6. The molecular weight excluding hydrogens is 1110 g/mol. The first-order chi connectivity index (χ1) is 34.6. The van der Waals surface area contributed by atoms with Gasteiger partial charge in [-0.1, -0.05) is 150 Å². The molecule has 0 aliphatic carbocycles. The van der Waals surface area contributed by atoms with Crippen molar-refractivity contribution in [1.29, 1.82) is 0 Å². The molecule has 0 spiro atoms. The molecule has 368 valence electrons. The van der Waals surface area contributed by atoms with Crippen molar-refractivity contribution in [2.24, 2.45) is 0 Å². The second-order valence-corrected chi connectivity index (χ2v) is 20.0. The van der Waals surface area contributed by atoms with E-state index >= 15 is 17.6 Å². The Hall–Kier alpha value is -7.55. The molecule has 0 saturated carbocycles. The zero-order valence-electron chi connectivity index (χ0n) is 40.6. The van der Waals surface area contributed by atoms with E-state index < -0.39 is 40.1 Å². The Bertz CT molecular complexity index is 3740. The number of halogens is 5. The minimum absolute atomic E-state index is 0. The number of ether oxygens (including phenoxy) is 1. The molecule has 3 heterocycles. The molecule has 73 heavy (non-hydrogen) atoms. The summed E-state index contributed by atoms with van der Waals surface area (Å²) in [6.07, 6.45) is 1.84. The van der Waals surface area contributed by atoms with E-state index in [1.165, 1.54) is 6.07 Å². The van der Waals surface area contributed by atoms with Crippen molar-refractivity contribution in [3.63, 3.8) is 0 Å². The van der Waals surface area contributed by atoms with Crippen LogP contribution < -0.4 is 14.5 Å². The Balaban J connectivity index is 0.00000611. The Labute approximate surface area is 435 Å². The predicted octanol–water partition coefficient (Wildman–Crippen LogP) is 17.3. The van der Waals surface area contributed by atoms with Gasteiger partial charge in [-0.05, 0) is 74.4 Å². The molecule has 0 atom stereocenters. The van der Waals surface area contributed by atoms with Crippen LogP contribution in [0.1, 0.15) is 52.7 Å². The number of para-hydroxylation sites is 4. The Morgan fingerprint density at radius 3 is 1.84 bits per heavy atom. The maximum Gasteiger partial charge on any atom is 0.200 e. The first-order valence-corrected chi connectivity index (χ1v) is 23.6. The van der Waals surface area contributed by atoms with E-state index in [1.807, 2.05) is 135 Å². The van der Waals surface area contributed by atoms with Crippen LogP contribution in [0.25, 0.3) is 61.0 Å². The van der Waals surface area contributed by atoms with E-state index in [4.69, 9.17) is 9.72 Å². The van der Waals surface area contributed by atoms with Crippen LogP contribution >= 0.6 is 0 Å². The van der Waals surface area contributed by atoms with Crippen molar-refractivity contribution in [3.05, 3.63) is 223 Å². The zero-order valence-corrected chi connectivity index (χ0v) is 42.8. The maximum atomic E-state index is 15.9. The fourth-order valence-electron chi connectivity index (χ4n) is 9.70. The molecular formula is C62H46F5N4OPt-3. The fraction of sp³-hybridized carbons (Fsp3) is 0.129. The van der Waals surface area contributed by atoms with Gasteiger partial charge in [0.1, 0.15) is 5.82 Å². The molecule has 0 unspecified atom stereocenters. The summed E-state index contributed by atoms with van der Waals surface area (Å²) < 4.78 is 85.4. The van der Waals surface area contributed by atoms with E-state index in [9.17, 15) is 4.39 Å². The number of hydrogen-bond donors (Lipinski definition) is 0. The molecule has 11 rings (SSSR count). The SMILES string of the molecule is CC(C)(C)c1ccnc(-n2c3[c-]c(Oc4[c-]c(N5[CH-]N(c6c(-c7c(F)c(F)c(F)c(F)c7F)cccc6C(C)(C)C)c6ccccc65)cc(-c5ccccc5-c5ccccc5)c4)ccc3c3ccccc32)c1.[Pt]. The quantitative estimate of drug-likeness (QED) is 0.0657. The van der Waals surface area contributed by atoms with Crippen LogP contribution in [-0.2, 0) is 31.9 Å². The van der Waals surface area contributed by atoms with E-state index in [-0.39, 0.29) is 37.7 Å². The van der Waals surface area contributed by atoms with Crippen molar-refractivity contribution >= 4 is 44.6 Å². The molecule has 0 saturated heterocycles. The van der Waals surface area contributed by atoms with Crippen molar-refractivity contribution < 1.29 is 47.8 Å². The average molecular weight is 1150 g/mol. The van der Waals surface area contributed by atoms with Gasteiger partial charge < -0.3 is 19.1 Å². The van der Waals surface area contributed by atoms with E-state index in [2.05, 4.69) is 73.9 Å². The third-order valence-electron chi connectivity index (χ3n) is 13.2. The standard InChI is InChI=1S/C62H46F5N4O.Pt/c1-61(2,3)39-29-30-68-53(33-39)71-49-24-13-12-21-45(49)46-28-27-41(35-52(46)71)72-42-32-38(44-20-11-10-19-43(44)37-17-8-7-9-18-37)31-40(34-42)69-36-70(51-26-15-14-25-50(51)69)60-47(22-16-23-48(60)62(4,5)6)54-55(63)57(65)59(67)58(66)56(54)64;/h7-33,36H,1-6H3;/q-3;. The Morgan fingerprint density at radius 2 is 1.14 bits per heavy atom. The van der Waals surface area contributed by atoms with Gasteiger partial charge in [-0.25, -0.2) is 26.9 Å². The van der Waals surface area contributed by atoms with Gasteiger partial charge in [0.2, 0.25) is 5.82 Å². The summed E-state index contributed by atoms with van der Waals surface area (Å²) in [5, 5.41) is 2.01. The molecule has 5 nitrogen and oxygen atoms in total. The number of anilines is 4. The number of pyridine rings is 1. The van der Waals surface area contributed by atoms with Crippen LogP contribution in [0.15, 0.2) is 164 Å². The molecule has 10 aromatic rings. The molecule has 1 aliphatic rings. The maximum absolute atomic E-state index is 15.9. The molecule has 8 aromatic carbocycles. The first kappa shape index (κ1) is 49.0. The smallest absolute Gasteiger partial charge is 0.200 e. The van der Waals surface area contributed by atoms with Crippen LogP contribution in [0, 0.1) is 47.9 Å². The van der Waals surface area contributed by atoms with Crippen molar-refractivity contribution in [2.45, 2.75) is 52.4 Å². The fourth-order valence-corrected chi connectivity index (χ4v) is 9.70. The molecule has 11 heteroatoms. The van der Waals surface area contributed by atoms with Gasteiger partial charge in [-0.3, -0.25) is 0 Å². The van der Waals surface area contributed by atoms with Gasteiger partial charge >= 0.3 is 0 Å². The number of rotatable bonds is 8. The van der Waals surface area contributed by atoms with Crippen LogP contribution in [0.5, 0.6) is 11.5 Å². The summed E-state index contributed by atoms with van der Waals surface area (Å²) in [4.78, 5) is 8.48. The van der Waals surface area contributed by atoms with E-state index in [0.29, 0.717) is 34.1 Å². The van der Waals surface area contributed by atoms with Gasteiger partial charge in [0.05, 0.1) is 5.56 Å². The van der Waals surface area contributed by atoms with Gasteiger partial charge in [-0.2, -0.15) is 6.07 Å². The second kappa shape index (κ2) is 18.8. The van der Waals surface area contributed by atoms with Gasteiger partial charge in [0.15, 0.2) is 23.3 Å². The van der Waals surface area contributed by atoms with Crippen LogP contribution in [0.3, 0.4) is 0 Å². The monoisotopic (exact) mass is 1150 g/mol. The topological polar surface area (TPSA) is 33.5 Å². The summed E-state index contributed by atoms with van der Waals surface area (Å²) >= 11 is 0. The van der Waals surface area contributed by atoms with Gasteiger partial charge in [0, 0.05) is 66.9 Å². The molecule has 0 N–H and O–H groups in total. The van der Waals surface area contributed by atoms with Crippen LogP contribution in [0.4, 0.5) is 44.7 Å². The normalized spacial score (nSPS) is 12.6. The second-order valence-electron chi connectivity index (χ2n) is 20.0. The molecule has 0 amide bonds. The van der Waals surface area contributed by atoms with Gasteiger partial charge in [-0.15, -0.1) is 53.6 Å². The summed E-state index contributed by atoms with van der Waals surface area (Å²) in [7, 11) is 0. The van der Waals surface area contributed by atoms with Crippen LogP contribution in [0.2, 0.25) is 0 Å². The number of fused-ring (bicyclic) bond motifs is 4. The Morgan fingerprint density at radius 1 is 0.521 bits per heavy atom. The summed E-state index contributed by atoms with van der Waals surface area (Å²) in [6, 6.07) is 57.6. The summed E-state index contributed by atoms with van der Waals surface area (Å²) in [5.74, 6) is -8.59. The number of hydrogen-bond acceptors (Lipinski definition) is 4. The zero-order chi connectivity index (χ0) is 50.2.